The van der Waals surface area contributed by atoms with Crippen LogP contribution in [0.1, 0.15) is 40.5 Å². The molecule has 3 heteroatoms. The maximum Gasteiger partial charge on any atom is 0.163 e. The molecule has 0 amide bonds. The molecular weight excluding hydrogens is 204 g/mol. The van der Waals surface area contributed by atoms with Crippen molar-refractivity contribution in [2.24, 2.45) is 5.41 Å². The number of ketones is 1. The van der Waals surface area contributed by atoms with Gasteiger partial charge >= 0.3 is 0 Å². The quantitative estimate of drug-likeness (QED) is 0.691. The van der Waals surface area contributed by atoms with Gasteiger partial charge in [-0.15, -0.1) is 6.58 Å². The average Bonchev–Trinajstić information content (AvgIpc) is 2.16. The summed E-state index contributed by atoms with van der Waals surface area (Å²) in [6.45, 7) is 11.9. The van der Waals surface area contributed by atoms with Crippen LogP contribution in [0.25, 0.3) is 0 Å². The van der Waals surface area contributed by atoms with Gasteiger partial charge in [0.25, 0.3) is 0 Å². The molecule has 1 aliphatic rings. The minimum atomic E-state index is -0.589. The predicted octanol–water partition coefficient (Wildman–Crippen LogP) is 2.70. The average molecular weight is 226 g/mol. The van der Waals surface area contributed by atoms with Crippen LogP contribution in [-0.4, -0.2) is 24.3 Å². The monoisotopic (exact) mass is 226 g/mol. The Hall–Kier alpha value is -0.670. The fourth-order valence-electron chi connectivity index (χ4n) is 1.93. The topological polar surface area (TPSA) is 35.5 Å². The van der Waals surface area contributed by atoms with Crippen LogP contribution in [0, 0.1) is 5.41 Å². The Morgan fingerprint density at radius 1 is 1.56 bits per heavy atom. The van der Waals surface area contributed by atoms with Gasteiger partial charge in [-0.05, 0) is 20.3 Å². The molecule has 0 saturated carbocycles. The Morgan fingerprint density at radius 2 is 2.19 bits per heavy atom. The molecule has 0 N–H and O–H groups in total. The molecule has 0 aromatic rings. The number of allylic oxidation sites excluding steroid dienone is 1. The van der Waals surface area contributed by atoms with Crippen molar-refractivity contribution >= 4 is 5.78 Å². The standard InChI is InChI=1S/C13H22O3/c1-6-7-10(14)12(2,3)11-8-9-15-13(4,5)16-11/h6,11H,1,7-9H2,2-5H3. The van der Waals surface area contributed by atoms with Crippen molar-refractivity contribution in [3.05, 3.63) is 12.7 Å². The van der Waals surface area contributed by atoms with E-state index in [9.17, 15) is 4.79 Å². The summed E-state index contributed by atoms with van der Waals surface area (Å²) >= 11 is 0. The molecule has 1 fully saturated rings. The fraction of sp³-hybridized carbons (Fsp3) is 0.769. The molecule has 1 aliphatic heterocycles. The summed E-state index contributed by atoms with van der Waals surface area (Å²) in [7, 11) is 0. The molecule has 0 spiro atoms. The molecule has 0 aromatic heterocycles. The van der Waals surface area contributed by atoms with Crippen molar-refractivity contribution in [1.29, 1.82) is 0 Å². The summed E-state index contributed by atoms with van der Waals surface area (Å²) < 4.78 is 11.3. The first-order chi connectivity index (χ1) is 7.29. The Balaban J connectivity index is 2.74. The van der Waals surface area contributed by atoms with Crippen LogP contribution < -0.4 is 0 Å². The zero-order chi connectivity index (χ0) is 12.4. The van der Waals surface area contributed by atoms with Gasteiger partial charge in [-0.25, -0.2) is 0 Å². The van der Waals surface area contributed by atoms with Gasteiger partial charge < -0.3 is 9.47 Å². The maximum atomic E-state index is 12.0. The summed E-state index contributed by atoms with van der Waals surface area (Å²) in [5.41, 5.74) is -0.477. The van der Waals surface area contributed by atoms with Gasteiger partial charge in [0.1, 0.15) is 5.78 Å². The van der Waals surface area contributed by atoms with E-state index in [1.807, 2.05) is 27.7 Å². The molecule has 92 valence electrons. The van der Waals surface area contributed by atoms with E-state index in [2.05, 4.69) is 6.58 Å². The molecule has 1 heterocycles. The fourth-order valence-corrected chi connectivity index (χ4v) is 1.93. The lowest BCUT2D eigenvalue weighted by Crippen LogP contribution is -2.49. The summed E-state index contributed by atoms with van der Waals surface area (Å²) in [6.07, 6.45) is 2.73. The second-order valence-corrected chi connectivity index (χ2v) is 5.28. The Kier molecular flexibility index (Phi) is 3.92. The van der Waals surface area contributed by atoms with Crippen LogP contribution in [0.15, 0.2) is 12.7 Å². The van der Waals surface area contributed by atoms with Crippen molar-refractivity contribution in [3.63, 3.8) is 0 Å². The van der Waals surface area contributed by atoms with Crippen LogP contribution >= 0.6 is 0 Å². The summed E-state index contributed by atoms with van der Waals surface area (Å²) in [5, 5.41) is 0. The lowest BCUT2D eigenvalue weighted by atomic mass is 9.79. The van der Waals surface area contributed by atoms with Gasteiger partial charge in [0.15, 0.2) is 5.79 Å². The molecule has 1 unspecified atom stereocenters. The number of hydrogen-bond acceptors (Lipinski definition) is 3. The molecule has 1 rings (SSSR count). The number of Topliss-reactive ketones (excluding diaryl/α,β-unsaturated/α-hetero) is 1. The third-order valence-electron chi connectivity index (χ3n) is 3.11. The van der Waals surface area contributed by atoms with Gasteiger partial charge in [0.2, 0.25) is 0 Å². The highest BCUT2D eigenvalue weighted by atomic mass is 16.7. The Morgan fingerprint density at radius 3 is 2.69 bits per heavy atom. The molecule has 0 aromatic carbocycles. The minimum Gasteiger partial charge on any atom is -0.350 e. The zero-order valence-electron chi connectivity index (χ0n) is 10.7. The van der Waals surface area contributed by atoms with E-state index < -0.39 is 11.2 Å². The van der Waals surface area contributed by atoms with E-state index in [1.165, 1.54) is 0 Å². The first-order valence-electron chi connectivity index (χ1n) is 5.75. The first-order valence-corrected chi connectivity index (χ1v) is 5.75. The Labute approximate surface area is 97.8 Å². The normalized spacial score (nSPS) is 25.1. The minimum absolute atomic E-state index is 0.0799. The second-order valence-electron chi connectivity index (χ2n) is 5.28. The highest BCUT2D eigenvalue weighted by Crippen LogP contribution is 2.35. The van der Waals surface area contributed by atoms with Crippen LogP contribution in [-0.2, 0) is 14.3 Å². The molecule has 16 heavy (non-hydrogen) atoms. The molecule has 0 radical (unpaired) electrons. The zero-order valence-corrected chi connectivity index (χ0v) is 10.7. The van der Waals surface area contributed by atoms with Crippen molar-refractivity contribution in [3.8, 4) is 0 Å². The first kappa shape index (κ1) is 13.4. The highest BCUT2D eigenvalue weighted by Gasteiger charge is 2.42. The van der Waals surface area contributed by atoms with E-state index >= 15 is 0 Å². The summed E-state index contributed by atoms with van der Waals surface area (Å²) in [4.78, 5) is 12.0. The van der Waals surface area contributed by atoms with Crippen LogP contribution in [0.5, 0.6) is 0 Å². The van der Waals surface area contributed by atoms with E-state index in [-0.39, 0.29) is 11.9 Å². The van der Waals surface area contributed by atoms with E-state index in [0.29, 0.717) is 13.0 Å². The smallest absolute Gasteiger partial charge is 0.163 e. The molecular formula is C13H22O3. The number of ether oxygens (including phenoxy) is 2. The maximum absolute atomic E-state index is 12.0. The van der Waals surface area contributed by atoms with Gasteiger partial charge in [-0.3, -0.25) is 4.79 Å². The van der Waals surface area contributed by atoms with Crippen LogP contribution in [0.4, 0.5) is 0 Å². The Bertz CT molecular complexity index is 279. The van der Waals surface area contributed by atoms with Gasteiger partial charge in [0, 0.05) is 6.42 Å². The van der Waals surface area contributed by atoms with Crippen molar-refractivity contribution < 1.29 is 14.3 Å². The van der Waals surface area contributed by atoms with Gasteiger partial charge in [0.05, 0.1) is 18.1 Å². The molecule has 3 nitrogen and oxygen atoms in total. The number of carbonyl (C=O) groups is 1. The van der Waals surface area contributed by atoms with Crippen LogP contribution in [0.3, 0.4) is 0 Å². The summed E-state index contributed by atoms with van der Waals surface area (Å²) in [5.74, 6) is -0.417. The lowest BCUT2D eigenvalue weighted by molar-refractivity contribution is -0.288. The van der Waals surface area contributed by atoms with Gasteiger partial charge in [-0.1, -0.05) is 19.9 Å². The number of hydrogen-bond donors (Lipinski definition) is 0. The third-order valence-corrected chi connectivity index (χ3v) is 3.11. The summed E-state index contributed by atoms with van der Waals surface area (Å²) in [6, 6.07) is 0. The van der Waals surface area contributed by atoms with E-state index in [1.54, 1.807) is 6.08 Å². The van der Waals surface area contributed by atoms with Gasteiger partial charge in [-0.2, -0.15) is 0 Å². The van der Waals surface area contributed by atoms with Crippen LogP contribution in [0.2, 0.25) is 0 Å². The molecule has 1 atom stereocenters. The SMILES string of the molecule is C=CCC(=O)C(C)(C)C1CCOC(C)(C)O1. The molecule has 1 saturated heterocycles. The molecule has 0 bridgehead atoms. The van der Waals surface area contributed by atoms with E-state index in [0.717, 1.165) is 6.42 Å². The molecule has 0 aliphatic carbocycles. The van der Waals surface area contributed by atoms with Crippen molar-refractivity contribution in [2.75, 3.05) is 6.61 Å². The van der Waals surface area contributed by atoms with E-state index in [4.69, 9.17) is 9.47 Å². The third kappa shape index (κ3) is 2.92. The predicted molar refractivity (Wildman–Crippen MR) is 63.1 cm³/mol. The van der Waals surface area contributed by atoms with Crippen molar-refractivity contribution in [1.82, 2.24) is 0 Å². The highest BCUT2D eigenvalue weighted by molar-refractivity contribution is 5.85. The lowest BCUT2D eigenvalue weighted by Gasteiger charge is -2.42. The number of carbonyl (C=O) groups excluding carboxylic acids is 1. The number of rotatable bonds is 4. The van der Waals surface area contributed by atoms with Crippen molar-refractivity contribution in [2.45, 2.75) is 52.4 Å². The largest absolute Gasteiger partial charge is 0.350 e. The second kappa shape index (κ2) is 4.68.